The van der Waals surface area contributed by atoms with Crippen LogP contribution in [0.25, 0.3) is 0 Å². The van der Waals surface area contributed by atoms with Gasteiger partial charge in [-0.15, -0.1) is 0 Å². The molecule has 0 spiro atoms. The molecule has 0 unspecified atom stereocenters. The second-order valence-electron chi connectivity index (χ2n) is 4.72. The molecule has 0 fully saturated rings. The van der Waals surface area contributed by atoms with Gasteiger partial charge in [0.05, 0.1) is 0 Å². The van der Waals surface area contributed by atoms with Crippen molar-refractivity contribution in [1.82, 2.24) is 9.88 Å². The molecule has 1 atom stereocenters. The maximum atomic E-state index is 11.8. The molecule has 2 N–H and O–H groups in total. The molecule has 1 rings (SSSR count). The molecule has 0 saturated heterocycles. The number of aliphatic carboxylic acids is 1. The van der Waals surface area contributed by atoms with E-state index in [9.17, 15) is 14.4 Å². The Morgan fingerprint density at radius 1 is 1.37 bits per heavy atom. The summed E-state index contributed by atoms with van der Waals surface area (Å²) in [6, 6.07) is -0.941. The van der Waals surface area contributed by atoms with Crippen LogP contribution < -0.4 is 10.2 Å². The van der Waals surface area contributed by atoms with E-state index in [0.717, 1.165) is 21.9 Å². The fourth-order valence-corrected chi connectivity index (χ4v) is 2.48. The predicted octanol–water partition coefficient (Wildman–Crippen LogP) is 0.752. The van der Waals surface area contributed by atoms with E-state index < -0.39 is 17.9 Å². The molecule has 0 aliphatic heterocycles. The fraction of sp³-hybridized carbons (Fsp3) is 0.583. The van der Waals surface area contributed by atoms with E-state index in [4.69, 9.17) is 5.11 Å². The Balaban J connectivity index is 2.80. The van der Waals surface area contributed by atoms with Crippen LogP contribution in [0, 0.1) is 19.8 Å². The number of aromatic nitrogens is 1. The average molecular weight is 286 g/mol. The number of carboxylic acids is 1. The number of carbonyl (C=O) groups is 2. The summed E-state index contributed by atoms with van der Waals surface area (Å²) >= 11 is 1.08. The van der Waals surface area contributed by atoms with Crippen molar-refractivity contribution in [3.63, 3.8) is 0 Å². The number of hydrogen-bond donors (Lipinski definition) is 2. The normalized spacial score (nSPS) is 12.5. The second kappa shape index (κ2) is 6.01. The zero-order chi connectivity index (χ0) is 14.7. The van der Waals surface area contributed by atoms with Crippen LogP contribution in [0.1, 0.15) is 24.4 Å². The van der Waals surface area contributed by atoms with Gasteiger partial charge in [0, 0.05) is 10.6 Å². The first kappa shape index (κ1) is 15.4. The molecule has 1 aromatic heterocycles. The monoisotopic (exact) mass is 286 g/mol. The molecule has 1 heterocycles. The number of rotatable bonds is 5. The van der Waals surface area contributed by atoms with Gasteiger partial charge in [0.25, 0.3) is 0 Å². The van der Waals surface area contributed by atoms with Gasteiger partial charge < -0.3 is 10.4 Å². The van der Waals surface area contributed by atoms with Crippen molar-refractivity contribution >= 4 is 23.2 Å². The summed E-state index contributed by atoms with van der Waals surface area (Å²) in [5.41, 5.74) is 0.738. The summed E-state index contributed by atoms with van der Waals surface area (Å²) < 4.78 is 1.36. The first-order valence-corrected chi connectivity index (χ1v) is 6.74. The molecule has 7 heteroatoms. The molecule has 0 bridgehead atoms. The van der Waals surface area contributed by atoms with Gasteiger partial charge in [0.1, 0.15) is 12.6 Å². The van der Waals surface area contributed by atoms with E-state index in [-0.39, 0.29) is 17.3 Å². The standard InChI is InChI=1S/C12H18N2O4S/c1-6(2)10(11(16)17)13-9(15)5-14-7(3)8(4)19-12(14)18/h6,10H,5H2,1-4H3,(H,13,15)(H,16,17)/t10-/m0/s1. The van der Waals surface area contributed by atoms with Gasteiger partial charge in [-0.3, -0.25) is 14.2 Å². The highest BCUT2D eigenvalue weighted by Crippen LogP contribution is 2.09. The fourth-order valence-electron chi connectivity index (χ4n) is 1.65. The molecule has 0 radical (unpaired) electrons. The summed E-state index contributed by atoms with van der Waals surface area (Å²) in [5.74, 6) is -1.76. The number of hydrogen-bond acceptors (Lipinski definition) is 4. The highest BCUT2D eigenvalue weighted by molar-refractivity contribution is 7.09. The van der Waals surface area contributed by atoms with Gasteiger partial charge in [0.15, 0.2) is 0 Å². The van der Waals surface area contributed by atoms with E-state index in [0.29, 0.717) is 0 Å². The van der Waals surface area contributed by atoms with Crippen LogP contribution in [0.2, 0.25) is 0 Å². The van der Waals surface area contributed by atoms with Gasteiger partial charge in [0.2, 0.25) is 5.91 Å². The highest BCUT2D eigenvalue weighted by atomic mass is 32.1. The zero-order valence-corrected chi connectivity index (χ0v) is 12.2. The minimum absolute atomic E-state index is 0.147. The summed E-state index contributed by atoms with van der Waals surface area (Å²) in [7, 11) is 0. The van der Waals surface area contributed by atoms with Gasteiger partial charge in [-0.2, -0.15) is 0 Å². The predicted molar refractivity (Wildman–Crippen MR) is 72.5 cm³/mol. The number of carbonyl (C=O) groups excluding carboxylic acids is 1. The molecule has 0 aliphatic rings. The van der Waals surface area contributed by atoms with Gasteiger partial charge >= 0.3 is 10.8 Å². The Morgan fingerprint density at radius 2 is 1.95 bits per heavy atom. The van der Waals surface area contributed by atoms with Crippen molar-refractivity contribution in [3.05, 3.63) is 20.2 Å². The SMILES string of the molecule is Cc1sc(=O)n(CC(=O)N[C@H](C(=O)O)C(C)C)c1C. The third-order valence-corrected chi connectivity index (χ3v) is 3.92. The molecule has 1 amide bonds. The maximum absolute atomic E-state index is 11.8. The number of nitrogens with zero attached hydrogens (tertiary/aromatic N) is 1. The molecule has 0 saturated carbocycles. The number of amides is 1. The van der Waals surface area contributed by atoms with Crippen molar-refractivity contribution in [2.75, 3.05) is 0 Å². The first-order chi connectivity index (χ1) is 8.73. The molecule has 0 aliphatic carbocycles. The molecule has 19 heavy (non-hydrogen) atoms. The van der Waals surface area contributed by atoms with Crippen LogP contribution in [0.15, 0.2) is 4.79 Å². The Bertz CT molecular complexity index is 544. The number of thiazole rings is 1. The average Bonchev–Trinajstić information content (AvgIpc) is 2.52. The zero-order valence-electron chi connectivity index (χ0n) is 11.4. The van der Waals surface area contributed by atoms with Crippen LogP contribution in [0.5, 0.6) is 0 Å². The number of carboxylic acid groups (broad SMARTS) is 1. The topological polar surface area (TPSA) is 88.4 Å². The minimum atomic E-state index is -1.08. The molecule has 6 nitrogen and oxygen atoms in total. The van der Waals surface area contributed by atoms with Crippen LogP contribution in [0.3, 0.4) is 0 Å². The Kier molecular flexibility index (Phi) is 4.88. The highest BCUT2D eigenvalue weighted by Gasteiger charge is 2.24. The lowest BCUT2D eigenvalue weighted by molar-refractivity contribution is -0.143. The Morgan fingerprint density at radius 3 is 2.32 bits per heavy atom. The third-order valence-electron chi connectivity index (χ3n) is 2.93. The summed E-state index contributed by atoms with van der Waals surface area (Å²) in [6.45, 7) is 6.85. The van der Waals surface area contributed by atoms with Crippen LogP contribution in [-0.2, 0) is 16.1 Å². The molecule has 1 aromatic rings. The van der Waals surface area contributed by atoms with Crippen molar-refractivity contribution < 1.29 is 14.7 Å². The molecule has 0 aromatic carbocycles. The lowest BCUT2D eigenvalue weighted by atomic mass is 10.1. The molecular formula is C12H18N2O4S. The van der Waals surface area contributed by atoms with E-state index in [1.165, 1.54) is 4.57 Å². The number of nitrogens with one attached hydrogen (secondary N) is 1. The van der Waals surface area contributed by atoms with Crippen molar-refractivity contribution in [2.24, 2.45) is 5.92 Å². The Hall–Kier alpha value is -1.63. The summed E-state index contributed by atoms with van der Waals surface area (Å²) in [5, 5.41) is 11.4. The van der Waals surface area contributed by atoms with Crippen molar-refractivity contribution in [1.29, 1.82) is 0 Å². The third kappa shape index (κ3) is 3.66. The van der Waals surface area contributed by atoms with E-state index in [2.05, 4.69) is 5.32 Å². The van der Waals surface area contributed by atoms with Crippen molar-refractivity contribution in [3.8, 4) is 0 Å². The van der Waals surface area contributed by atoms with Gasteiger partial charge in [-0.1, -0.05) is 25.2 Å². The van der Waals surface area contributed by atoms with Gasteiger partial charge in [-0.25, -0.2) is 4.79 Å². The van der Waals surface area contributed by atoms with E-state index >= 15 is 0 Å². The minimum Gasteiger partial charge on any atom is -0.480 e. The maximum Gasteiger partial charge on any atom is 0.326 e. The summed E-state index contributed by atoms with van der Waals surface area (Å²) in [4.78, 5) is 35.1. The van der Waals surface area contributed by atoms with Gasteiger partial charge in [-0.05, 0) is 19.8 Å². The van der Waals surface area contributed by atoms with Crippen LogP contribution >= 0.6 is 11.3 Å². The Labute approximate surface area is 115 Å². The van der Waals surface area contributed by atoms with E-state index in [1.54, 1.807) is 20.8 Å². The molecular weight excluding hydrogens is 268 g/mol. The lowest BCUT2D eigenvalue weighted by Crippen LogP contribution is -2.46. The largest absolute Gasteiger partial charge is 0.480 e. The second-order valence-corrected chi connectivity index (χ2v) is 5.89. The first-order valence-electron chi connectivity index (χ1n) is 5.93. The number of aryl methyl sites for hydroxylation is 1. The van der Waals surface area contributed by atoms with E-state index in [1.807, 2.05) is 6.92 Å². The smallest absolute Gasteiger partial charge is 0.326 e. The van der Waals surface area contributed by atoms with Crippen LogP contribution in [-0.4, -0.2) is 27.6 Å². The summed E-state index contributed by atoms with van der Waals surface area (Å²) in [6.07, 6.45) is 0. The van der Waals surface area contributed by atoms with Crippen LogP contribution in [0.4, 0.5) is 0 Å². The lowest BCUT2D eigenvalue weighted by Gasteiger charge is -2.18. The molecule has 106 valence electrons. The van der Waals surface area contributed by atoms with Crippen molar-refractivity contribution in [2.45, 2.75) is 40.3 Å². The quantitative estimate of drug-likeness (QED) is 0.836.